The van der Waals surface area contributed by atoms with Gasteiger partial charge in [0.25, 0.3) is 0 Å². The van der Waals surface area contributed by atoms with Gasteiger partial charge in [-0.1, -0.05) is 19.8 Å². The number of rotatable bonds is 3. The summed E-state index contributed by atoms with van der Waals surface area (Å²) in [5.41, 5.74) is 0. The van der Waals surface area contributed by atoms with Gasteiger partial charge in [-0.3, -0.25) is 0 Å². The Balaban J connectivity index is 0. The van der Waals surface area contributed by atoms with Crippen LogP contribution in [-0.2, 0) is 0 Å². The highest BCUT2D eigenvalue weighted by Crippen LogP contribution is 2.02. The van der Waals surface area contributed by atoms with Crippen molar-refractivity contribution in [1.29, 1.82) is 0 Å². The zero-order valence-corrected chi connectivity index (χ0v) is 5.20. The molecule has 0 aliphatic rings. The van der Waals surface area contributed by atoms with Gasteiger partial charge in [-0.15, -0.1) is 0 Å². The molecule has 0 aromatic rings. The molecule has 0 bridgehead atoms. The second-order valence-electron chi connectivity index (χ2n) is 1.31. The second kappa shape index (κ2) is 5.49. The summed E-state index contributed by atoms with van der Waals surface area (Å²) < 4.78 is 0. The van der Waals surface area contributed by atoms with Crippen LogP contribution < -0.4 is 0 Å². The molecule has 1 atom stereocenters. The molecule has 6 heavy (non-hydrogen) atoms. The topological polar surface area (TPSA) is 0 Å². The third kappa shape index (κ3) is 4.49. The standard InChI is InChI=1S/C4H10BP/c1-2-3-4-6-5/h6H,2-4H2,1H3/p+1. The lowest BCUT2D eigenvalue weighted by molar-refractivity contribution is 0.896. The number of hydrogen-bond acceptors (Lipinski definition) is 0. The SMILES string of the molecule is [B]PCCCC.[H+]. The van der Waals surface area contributed by atoms with Crippen LogP contribution in [0.25, 0.3) is 0 Å². The van der Waals surface area contributed by atoms with E-state index in [1.807, 2.05) is 0 Å². The molecule has 34 valence electrons. The number of hydrogen-bond donors (Lipinski definition) is 0. The summed E-state index contributed by atoms with van der Waals surface area (Å²) in [6.45, 7) is 2.18. The molecule has 2 heteroatoms. The van der Waals surface area contributed by atoms with Gasteiger partial charge in [-0.25, -0.2) is 0 Å². The van der Waals surface area contributed by atoms with Crippen LogP contribution in [0.4, 0.5) is 0 Å². The maximum absolute atomic E-state index is 5.24. The van der Waals surface area contributed by atoms with Crippen LogP contribution >= 0.6 is 8.46 Å². The summed E-state index contributed by atoms with van der Waals surface area (Å²) in [5, 5.41) is 0. The van der Waals surface area contributed by atoms with E-state index in [1.54, 1.807) is 0 Å². The first-order valence-electron chi connectivity index (χ1n) is 2.35. The Labute approximate surface area is 44.3 Å². The van der Waals surface area contributed by atoms with E-state index in [-0.39, 0.29) is 1.43 Å². The molecular formula is C4H11BP+. The largest absolute Gasteiger partial charge is 1.00 e. The number of unbranched alkanes of at least 4 members (excludes halogenated alkanes) is 1. The van der Waals surface area contributed by atoms with Crippen LogP contribution in [-0.4, -0.2) is 13.7 Å². The molecule has 0 fully saturated rings. The van der Waals surface area contributed by atoms with Crippen molar-refractivity contribution in [3.63, 3.8) is 0 Å². The van der Waals surface area contributed by atoms with E-state index in [0.717, 1.165) is 0 Å². The van der Waals surface area contributed by atoms with Crippen molar-refractivity contribution in [2.75, 3.05) is 6.16 Å². The van der Waals surface area contributed by atoms with Crippen molar-refractivity contribution < 1.29 is 1.43 Å². The summed E-state index contributed by atoms with van der Waals surface area (Å²) in [6.07, 6.45) is 3.80. The lowest BCUT2D eigenvalue weighted by Gasteiger charge is -1.87. The second-order valence-corrected chi connectivity index (χ2v) is 2.22. The van der Waals surface area contributed by atoms with Crippen molar-refractivity contribution >= 4 is 16.0 Å². The van der Waals surface area contributed by atoms with Gasteiger partial charge in [0.1, 0.15) is 7.57 Å². The molecule has 0 aromatic carbocycles. The van der Waals surface area contributed by atoms with Gasteiger partial charge in [-0.2, -0.15) is 8.46 Å². The first-order valence-corrected chi connectivity index (χ1v) is 3.63. The summed E-state index contributed by atoms with van der Waals surface area (Å²) in [4.78, 5) is 0. The molecule has 0 aliphatic heterocycles. The smallest absolute Gasteiger partial charge is 0.172 e. The monoisotopic (exact) mass is 101 g/mol. The Hall–Kier alpha value is 0.495. The molecule has 0 amide bonds. The maximum Gasteiger partial charge on any atom is 1.00 e. The van der Waals surface area contributed by atoms with Crippen LogP contribution in [0.2, 0.25) is 0 Å². The van der Waals surface area contributed by atoms with E-state index in [2.05, 4.69) is 6.92 Å². The Morgan fingerprint density at radius 3 is 2.67 bits per heavy atom. The highest BCUT2D eigenvalue weighted by molar-refractivity contribution is 7.66. The average molecular weight is 101 g/mol. The van der Waals surface area contributed by atoms with E-state index in [1.165, 1.54) is 19.0 Å². The minimum atomic E-state index is 0. The highest BCUT2D eigenvalue weighted by Gasteiger charge is 1.74. The van der Waals surface area contributed by atoms with E-state index in [9.17, 15) is 0 Å². The van der Waals surface area contributed by atoms with E-state index in [0.29, 0.717) is 8.46 Å². The predicted octanol–water partition coefficient (Wildman–Crippen LogP) is 1.66. The van der Waals surface area contributed by atoms with Crippen LogP contribution in [0.3, 0.4) is 0 Å². The summed E-state index contributed by atoms with van der Waals surface area (Å²) in [5.74, 6) is 0. The molecule has 0 rings (SSSR count). The fourth-order valence-electron chi connectivity index (χ4n) is 0.279. The molecule has 0 aliphatic carbocycles. The van der Waals surface area contributed by atoms with E-state index >= 15 is 0 Å². The summed E-state index contributed by atoms with van der Waals surface area (Å²) in [7, 11) is 5.91. The van der Waals surface area contributed by atoms with Crippen molar-refractivity contribution in [1.82, 2.24) is 0 Å². The molecule has 0 saturated carbocycles. The normalized spacial score (nSPS) is 10.8. The van der Waals surface area contributed by atoms with Gasteiger partial charge in [0.15, 0.2) is 0 Å². The Bertz CT molecular complexity index is 23.7. The minimum absolute atomic E-state index is 0. The van der Waals surface area contributed by atoms with E-state index in [4.69, 9.17) is 7.57 Å². The molecule has 0 N–H and O–H groups in total. The molecule has 0 heterocycles. The molecule has 0 spiro atoms. The minimum Gasteiger partial charge on any atom is -0.172 e. The van der Waals surface area contributed by atoms with Crippen molar-refractivity contribution in [3.8, 4) is 0 Å². The zero-order valence-electron chi connectivity index (χ0n) is 5.20. The van der Waals surface area contributed by atoms with Crippen LogP contribution in [0.1, 0.15) is 21.2 Å². The van der Waals surface area contributed by atoms with Gasteiger partial charge in [-0.05, 0) is 6.16 Å². The first-order chi connectivity index (χ1) is 2.91. The van der Waals surface area contributed by atoms with Crippen molar-refractivity contribution in [3.05, 3.63) is 0 Å². The van der Waals surface area contributed by atoms with Crippen molar-refractivity contribution in [2.24, 2.45) is 0 Å². The fraction of sp³-hybridized carbons (Fsp3) is 1.00. The third-order valence-electron chi connectivity index (χ3n) is 0.675. The molecule has 0 saturated heterocycles. The maximum atomic E-state index is 5.24. The highest BCUT2D eigenvalue weighted by atomic mass is 31.1. The molecule has 1 unspecified atom stereocenters. The first kappa shape index (κ1) is 6.49. The van der Waals surface area contributed by atoms with Gasteiger partial charge < -0.3 is 0 Å². The molecule has 0 nitrogen and oxygen atoms in total. The van der Waals surface area contributed by atoms with E-state index < -0.39 is 0 Å². The zero-order chi connectivity index (χ0) is 4.83. The quantitative estimate of drug-likeness (QED) is 0.288. The van der Waals surface area contributed by atoms with Gasteiger partial charge in [0, 0.05) is 0 Å². The van der Waals surface area contributed by atoms with Gasteiger partial charge in [0.05, 0.1) is 0 Å². The van der Waals surface area contributed by atoms with Crippen LogP contribution in [0.15, 0.2) is 0 Å². The van der Waals surface area contributed by atoms with Crippen molar-refractivity contribution in [2.45, 2.75) is 19.8 Å². The average Bonchev–Trinajstić information content (AvgIpc) is 1.61. The lowest BCUT2D eigenvalue weighted by atomic mass is 10.4. The Kier molecular flexibility index (Phi) is 5.95. The summed E-state index contributed by atoms with van der Waals surface area (Å²) >= 11 is 0. The Morgan fingerprint density at radius 1 is 1.83 bits per heavy atom. The van der Waals surface area contributed by atoms with Gasteiger partial charge in [0.2, 0.25) is 0 Å². The molecular weight excluding hydrogens is 89.8 g/mol. The van der Waals surface area contributed by atoms with Crippen LogP contribution in [0, 0.1) is 0 Å². The predicted molar refractivity (Wildman–Crippen MR) is 35.0 cm³/mol. The molecule has 2 radical (unpaired) electrons. The van der Waals surface area contributed by atoms with Gasteiger partial charge >= 0.3 is 1.43 Å². The fourth-order valence-corrected chi connectivity index (χ4v) is 0.837. The molecule has 0 aromatic heterocycles. The lowest BCUT2D eigenvalue weighted by Crippen LogP contribution is -1.70. The Morgan fingerprint density at radius 2 is 2.50 bits per heavy atom. The third-order valence-corrected chi connectivity index (χ3v) is 1.32. The van der Waals surface area contributed by atoms with Crippen LogP contribution in [0.5, 0.6) is 0 Å². The summed E-state index contributed by atoms with van der Waals surface area (Å²) in [6, 6.07) is 0.